The fourth-order valence-corrected chi connectivity index (χ4v) is 12.2. The van der Waals surface area contributed by atoms with Crippen molar-refractivity contribution in [3.63, 3.8) is 0 Å². The van der Waals surface area contributed by atoms with Crippen LogP contribution in [0.15, 0.2) is 188 Å². The summed E-state index contributed by atoms with van der Waals surface area (Å²) < 4.78 is 0. The third-order valence-corrected chi connectivity index (χ3v) is 14.5. The molecule has 0 aromatic heterocycles. The molecule has 0 aliphatic heterocycles. The van der Waals surface area contributed by atoms with Crippen molar-refractivity contribution in [3.8, 4) is 44.5 Å². The summed E-state index contributed by atoms with van der Waals surface area (Å²) in [5.74, 6) is 3.49. The molecule has 4 saturated carbocycles. The maximum absolute atomic E-state index is 2.54. The van der Waals surface area contributed by atoms with Gasteiger partial charge < -0.3 is 4.90 Å². The monoisotopic (exact) mass is 731 g/mol. The first-order valence-electron chi connectivity index (χ1n) is 21.1. The van der Waals surface area contributed by atoms with Gasteiger partial charge in [-0.1, -0.05) is 146 Å². The average molecular weight is 732 g/mol. The van der Waals surface area contributed by atoms with E-state index in [9.17, 15) is 0 Å². The molecule has 0 atom stereocenters. The third-order valence-electron chi connectivity index (χ3n) is 14.5. The van der Waals surface area contributed by atoms with E-state index in [0.717, 1.165) is 40.7 Å². The van der Waals surface area contributed by atoms with Crippen LogP contribution < -0.4 is 4.90 Å². The fourth-order valence-electron chi connectivity index (χ4n) is 12.2. The minimum Gasteiger partial charge on any atom is -0.310 e. The Morgan fingerprint density at radius 3 is 1.46 bits per heavy atom. The predicted molar refractivity (Wildman–Crippen MR) is 238 cm³/mol. The van der Waals surface area contributed by atoms with Crippen LogP contribution in [-0.2, 0) is 5.41 Å². The summed E-state index contributed by atoms with van der Waals surface area (Å²) in [5, 5.41) is 2.49. The molecule has 0 amide bonds. The molecule has 274 valence electrons. The van der Waals surface area contributed by atoms with E-state index in [1.54, 1.807) is 11.1 Å². The predicted octanol–water partition coefficient (Wildman–Crippen LogP) is 15.0. The molecule has 1 nitrogen and oxygen atoms in total. The maximum atomic E-state index is 2.54. The number of fused-ring (bicyclic) bond motifs is 4. The largest absolute Gasteiger partial charge is 0.310 e. The molecule has 5 aliphatic carbocycles. The SMILES string of the molecule is c1ccc(-c2ccc(-c3ccc(N(c4ccc(-c5ccc6c(c5)-c5ccccc5C65C6CC7CC(C6)CC5C7)cc4)c4ccc5ccccc5c4)cc3)cc2)cc1. The molecular formula is C56H45N. The lowest BCUT2D eigenvalue weighted by Crippen LogP contribution is -2.55. The van der Waals surface area contributed by atoms with Crippen molar-refractivity contribution in [1.82, 2.24) is 0 Å². The molecule has 0 heterocycles. The summed E-state index contributed by atoms with van der Waals surface area (Å²) in [7, 11) is 0. The summed E-state index contributed by atoms with van der Waals surface area (Å²) in [5.41, 5.74) is 17.3. The van der Waals surface area contributed by atoms with Crippen molar-refractivity contribution in [1.29, 1.82) is 0 Å². The Balaban J connectivity index is 0.897. The first-order chi connectivity index (χ1) is 28.2. The molecule has 1 heteroatoms. The van der Waals surface area contributed by atoms with Crippen molar-refractivity contribution in [2.75, 3.05) is 4.90 Å². The molecule has 4 fully saturated rings. The number of benzene rings is 8. The molecule has 5 aliphatic rings. The zero-order chi connectivity index (χ0) is 37.5. The zero-order valence-electron chi connectivity index (χ0n) is 32.2. The molecule has 0 saturated heterocycles. The standard InChI is InChI=1S/C56H45N/c1-2-8-39(9-3-1)41-14-16-42(17-15-41)43-18-24-49(25-19-43)57(51-28-22-40-10-4-5-11-45(40)35-51)50-26-20-44(21-27-50)46-23-29-55-53(36-46)52-12-6-7-13-54(52)56(55)47-31-37-30-38(33-47)34-48(56)32-37/h1-29,35-38,47-48H,30-34H2. The topological polar surface area (TPSA) is 3.24 Å². The lowest BCUT2D eigenvalue weighted by Gasteiger charge is -2.61. The van der Waals surface area contributed by atoms with Gasteiger partial charge in [-0.2, -0.15) is 0 Å². The van der Waals surface area contributed by atoms with E-state index in [4.69, 9.17) is 0 Å². The third kappa shape index (κ3) is 5.21. The molecule has 0 unspecified atom stereocenters. The van der Waals surface area contributed by atoms with Crippen LogP contribution in [0.2, 0.25) is 0 Å². The van der Waals surface area contributed by atoms with Gasteiger partial charge in [0.25, 0.3) is 0 Å². The van der Waals surface area contributed by atoms with E-state index in [2.05, 4.69) is 193 Å². The van der Waals surface area contributed by atoms with E-state index in [-0.39, 0.29) is 5.41 Å². The zero-order valence-corrected chi connectivity index (χ0v) is 32.2. The van der Waals surface area contributed by atoms with Gasteiger partial charge in [0.15, 0.2) is 0 Å². The molecule has 4 bridgehead atoms. The number of rotatable bonds is 6. The first-order valence-corrected chi connectivity index (χ1v) is 21.1. The van der Waals surface area contributed by atoms with Crippen LogP contribution in [0, 0.1) is 23.7 Å². The highest BCUT2D eigenvalue weighted by atomic mass is 15.1. The maximum Gasteiger partial charge on any atom is 0.0468 e. The molecule has 8 aromatic rings. The molecule has 1 spiro atoms. The van der Waals surface area contributed by atoms with E-state index >= 15 is 0 Å². The Bertz CT molecular complexity index is 2750. The number of nitrogens with zero attached hydrogens (tertiary/aromatic N) is 1. The van der Waals surface area contributed by atoms with E-state index < -0.39 is 0 Å². The van der Waals surface area contributed by atoms with E-state index in [1.165, 1.54) is 87.4 Å². The number of anilines is 3. The molecule has 13 rings (SSSR count). The van der Waals surface area contributed by atoms with Crippen molar-refractivity contribution in [2.45, 2.75) is 37.5 Å². The van der Waals surface area contributed by atoms with Gasteiger partial charge in [-0.05, 0) is 165 Å². The highest BCUT2D eigenvalue weighted by molar-refractivity contribution is 5.90. The molecule has 8 aromatic carbocycles. The van der Waals surface area contributed by atoms with Crippen LogP contribution >= 0.6 is 0 Å². The van der Waals surface area contributed by atoms with Crippen molar-refractivity contribution in [2.24, 2.45) is 23.7 Å². The van der Waals surface area contributed by atoms with Crippen LogP contribution in [0.1, 0.15) is 43.2 Å². The van der Waals surface area contributed by atoms with Gasteiger partial charge in [-0.25, -0.2) is 0 Å². The second-order valence-electron chi connectivity index (χ2n) is 17.4. The van der Waals surface area contributed by atoms with Crippen LogP contribution in [0.25, 0.3) is 55.3 Å². The van der Waals surface area contributed by atoms with E-state index in [1.807, 2.05) is 0 Å². The summed E-state index contributed by atoms with van der Waals surface area (Å²) in [6.07, 6.45) is 7.16. The second kappa shape index (κ2) is 12.9. The number of hydrogen-bond donors (Lipinski definition) is 0. The summed E-state index contributed by atoms with van der Waals surface area (Å²) in [4.78, 5) is 2.40. The van der Waals surface area contributed by atoms with Gasteiger partial charge in [0.1, 0.15) is 0 Å². The molecule has 57 heavy (non-hydrogen) atoms. The van der Waals surface area contributed by atoms with Gasteiger partial charge in [0, 0.05) is 22.5 Å². The smallest absolute Gasteiger partial charge is 0.0468 e. The summed E-state index contributed by atoms with van der Waals surface area (Å²) >= 11 is 0. The molecule has 0 radical (unpaired) electrons. The number of hydrogen-bond acceptors (Lipinski definition) is 1. The summed E-state index contributed by atoms with van der Waals surface area (Å²) in [6, 6.07) is 70.2. The van der Waals surface area contributed by atoms with Crippen molar-refractivity contribution in [3.05, 3.63) is 199 Å². The highest BCUT2D eigenvalue weighted by Crippen LogP contribution is 2.69. The van der Waals surface area contributed by atoms with E-state index in [0.29, 0.717) is 0 Å². The Morgan fingerprint density at radius 2 is 0.807 bits per heavy atom. The Kier molecular flexibility index (Phi) is 7.49. The lowest BCUT2D eigenvalue weighted by molar-refractivity contribution is -0.0399. The Hall–Kier alpha value is -6.18. The van der Waals surface area contributed by atoms with Gasteiger partial charge in [0.2, 0.25) is 0 Å². The van der Waals surface area contributed by atoms with Crippen molar-refractivity contribution >= 4 is 27.8 Å². The lowest BCUT2D eigenvalue weighted by atomic mass is 9.43. The molecular weight excluding hydrogens is 687 g/mol. The van der Waals surface area contributed by atoms with Gasteiger partial charge in [-0.3, -0.25) is 0 Å². The fraction of sp³-hybridized carbons (Fsp3) is 0.179. The van der Waals surface area contributed by atoms with Crippen LogP contribution in [-0.4, -0.2) is 0 Å². The van der Waals surface area contributed by atoms with Gasteiger partial charge in [-0.15, -0.1) is 0 Å². The normalized spacial score (nSPS) is 22.5. The second-order valence-corrected chi connectivity index (χ2v) is 17.4. The Labute approximate surface area is 336 Å². The minimum atomic E-state index is 0.212. The first kappa shape index (κ1) is 33.0. The quantitative estimate of drug-likeness (QED) is 0.165. The Morgan fingerprint density at radius 1 is 0.333 bits per heavy atom. The average Bonchev–Trinajstić information content (AvgIpc) is 3.56. The molecule has 0 N–H and O–H groups in total. The van der Waals surface area contributed by atoms with Crippen LogP contribution in [0.3, 0.4) is 0 Å². The van der Waals surface area contributed by atoms with Crippen LogP contribution in [0.5, 0.6) is 0 Å². The van der Waals surface area contributed by atoms with Gasteiger partial charge >= 0.3 is 0 Å². The van der Waals surface area contributed by atoms with Crippen LogP contribution in [0.4, 0.5) is 17.1 Å². The minimum absolute atomic E-state index is 0.212. The van der Waals surface area contributed by atoms with Gasteiger partial charge in [0.05, 0.1) is 0 Å². The van der Waals surface area contributed by atoms with Crippen molar-refractivity contribution < 1.29 is 0 Å². The summed E-state index contributed by atoms with van der Waals surface area (Å²) in [6.45, 7) is 0. The highest BCUT2D eigenvalue weighted by Gasteiger charge is 2.61.